The maximum atomic E-state index is 11.1. The number of nitrogens with two attached hydrogens (primary N) is 1. The van der Waals surface area contributed by atoms with Crippen LogP contribution in [0.3, 0.4) is 0 Å². The molecular weight excluding hydrogens is 144 g/mol. The first-order chi connectivity index (χ1) is 5.29. The molecule has 11 heavy (non-hydrogen) atoms. The Morgan fingerprint density at radius 2 is 2.64 bits per heavy atom. The summed E-state index contributed by atoms with van der Waals surface area (Å²) in [5.41, 5.74) is 6.17. The van der Waals surface area contributed by atoms with Crippen molar-refractivity contribution in [2.24, 2.45) is 5.73 Å². The predicted octanol–water partition coefficient (Wildman–Crippen LogP) is -0.916. The Labute approximate surface area is 63.2 Å². The summed E-state index contributed by atoms with van der Waals surface area (Å²) in [6.45, 7) is 0.452. The van der Waals surface area contributed by atoms with Gasteiger partial charge in [0.1, 0.15) is 11.9 Å². The van der Waals surface area contributed by atoms with Gasteiger partial charge in [-0.05, 0) is 6.07 Å². The minimum Gasteiger partial charge on any atom is -0.347 e. The third kappa shape index (κ3) is 0.813. The number of nitrogens with one attached hydrogen (secondary N) is 1. The third-order valence-electron chi connectivity index (χ3n) is 1.69. The van der Waals surface area contributed by atoms with Crippen molar-refractivity contribution in [1.82, 2.24) is 15.1 Å². The van der Waals surface area contributed by atoms with E-state index in [4.69, 9.17) is 5.73 Å². The van der Waals surface area contributed by atoms with Crippen LogP contribution in [0.4, 0.5) is 0 Å². The zero-order valence-corrected chi connectivity index (χ0v) is 5.82. The van der Waals surface area contributed by atoms with Crippen molar-refractivity contribution in [2.45, 2.75) is 6.17 Å². The average Bonchev–Trinajstić information content (AvgIpc) is 2.45. The second-order valence-corrected chi connectivity index (χ2v) is 2.44. The lowest BCUT2D eigenvalue weighted by Gasteiger charge is -2.20. The largest absolute Gasteiger partial charge is 0.347 e. The summed E-state index contributed by atoms with van der Waals surface area (Å²) in [5.74, 6) is -0.107. The van der Waals surface area contributed by atoms with Crippen molar-refractivity contribution < 1.29 is 4.79 Å². The predicted molar refractivity (Wildman–Crippen MR) is 37.8 cm³/mol. The number of fused-ring (bicyclic) bond motifs is 1. The fourth-order valence-electron chi connectivity index (χ4n) is 1.13. The first kappa shape index (κ1) is 6.36. The van der Waals surface area contributed by atoms with Gasteiger partial charge in [0.15, 0.2) is 0 Å². The molecule has 1 aliphatic rings. The zero-order valence-electron chi connectivity index (χ0n) is 5.82. The smallest absolute Gasteiger partial charge is 0.269 e. The molecule has 0 unspecified atom stereocenters. The van der Waals surface area contributed by atoms with E-state index in [9.17, 15) is 4.79 Å². The summed E-state index contributed by atoms with van der Waals surface area (Å²) in [4.78, 5) is 11.1. The Morgan fingerprint density at radius 3 is 3.36 bits per heavy atom. The molecule has 0 spiro atoms. The first-order valence-electron chi connectivity index (χ1n) is 3.36. The molecule has 3 N–H and O–H groups in total. The van der Waals surface area contributed by atoms with Crippen LogP contribution in [-0.2, 0) is 0 Å². The molecule has 0 saturated heterocycles. The molecule has 58 valence electrons. The average molecular weight is 152 g/mol. The fraction of sp³-hybridized carbons (Fsp3) is 0.333. The molecule has 0 saturated carbocycles. The molecule has 1 atom stereocenters. The van der Waals surface area contributed by atoms with Crippen LogP contribution in [-0.4, -0.2) is 22.2 Å². The fourth-order valence-corrected chi connectivity index (χ4v) is 1.13. The molecule has 1 aliphatic heterocycles. The Kier molecular flexibility index (Phi) is 1.19. The van der Waals surface area contributed by atoms with Gasteiger partial charge >= 0.3 is 0 Å². The van der Waals surface area contributed by atoms with E-state index in [1.165, 1.54) is 4.68 Å². The van der Waals surface area contributed by atoms with Crippen molar-refractivity contribution in [3.63, 3.8) is 0 Å². The van der Waals surface area contributed by atoms with E-state index in [-0.39, 0.29) is 12.1 Å². The highest BCUT2D eigenvalue weighted by Crippen LogP contribution is 2.08. The van der Waals surface area contributed by atoms with Crippen LogP contribution in [0.15, 0.2) is 12.3 Å². The Bertz CT molecular complexity index is 293. The van der Waals surface area contributed by atoms with Crippen LogP contribution < -0.4 is 11.1 Å². The first-order valence-corrected chi connectivity index (χ1v) is 3.36. The number of carbonyl (C=O) groups excluding carboxylic acids is 1. The van der Waals surface area contributed by atoms with Gasteiger partial charge in [-0.3, -0.25) is 4.79 Å². The summed E-state index contributed by atoms with van der Waals surface area (Å²) < 4.78 is 1.53. The number of carbonyl (C=O) groups is 1. The number of amides is 1. The molecule has 0 radical (unpaired) electrons. The quantitative estimate of drug-likeness (QED) is 0.505. The zero-order chi connectivity index (χ0) is 7.84. The van der Waals surface area contributed by atoms with Crippen molar-refractivity contribution >= 4 is 5.91 Å². The summed E-state index contributed by atoms with van der Waals surface area (Å²) in [5, 5.41) is 6.57. The van der Waals surface area contributed by atoms with Gasteiger partial charge in [-0.1, -0.05) is 0 Å². The number of nitrogens with zero attached hydrogens (tertiary/aromatic N) is 2. The Balaban J connectivity index is 2.51. The van der Waals surface area contributed by atoms with E-state index in [0.29, 0.717) is 12.2 Å². The minimum absolute atomic E-state index is 0.107. The molecule has 5 nitrogen and oxygen atoms in total. The normalized spacial score (nSPS) is 22.6. The van der Waals surface area contributed by atoms with Crippen LogP contribution in [0, 0.1) is 0 Å². The third-order valence-corrected chi connectivity index (χ3v) is 1.69. The molecule has 0 aromatic carbocycles. The number of rotatable bonds is 0. The number of hydrogen-bond donors (Lipinski definition) is 2. The van der Waals surface area contributed by atoms with Gasteiger partial charge in [-0.15, -0.1) is 0 Å². The maximum absolute atomic E-state index is 11.1. The highest BCUT2D eigenvalue weighted by Gasteiger charge is 2.21. The highest BCUT2D eigenvalue weighted by molar-refractivity contribution is 5.93. The molecular formula is C6H8N4O. The monoisotopic (exact) mass is 152 g/mol. The summed E-state index contributed by atoms with van der Waals surface area (Å²) in [6, 6.07) is 1.65. The standard InChI is InChI=1S/C6H8N4O/c7-5-3-8-6(11)4-1-2-9-10(4)5/h1-2,5H,3,7H2,(H,8,11)/t5-/m1/s1. The topological polar surface area (TPSA) is 72.9 Å². The molecule has 1 aromatic rings. The SMILES string of the molecule is N[C@H]1CNC(=O)c2ccnn21. The molecule has 0 aliphatic carbocycles. The molecule has 0 fully saturated rings. The van der Waals surface area contributed by atoms with Crippen LogP contribution in [0.2, 0.25) is 0 Å². The van der Waals surface area contributed by atoms with Crippen LogP contribution in [0.25, 0.3) is 0 Å². The van der Waals surface area contributed by atoms with Gasteiger partial charge in [0.25, 0.3) is 5.91 Å². The maximum Gasteiger partial charge on any atom is 0.269 e. The van der Waals surface area contributed by atoms with Crippen molar-refractivity contribution in [1.29, 1.82) is 0 Å². The molecule has 0 bridgehead atoms. The van der Waals surface area contributed by atoms with E-state index < -0.39 is 0 Å². The van der Waals surface area contributed by atoms with Gasteiger partial charge in [-0.25, -0.2) is 4.68 Å². The molecule has 5 heteroatoms. The lowest BCUT2D eigenvalue weighted by molar-refractivity contribution is 0.0910. The Morgan fingerprint density at radius 1 is 1.82 bits per heavy atom. The minimum atomic E-state index is -0.224. The van der Waals surface area contributed by atoms with Crippen LogP contribution in [0.1, 0.15) is 16.7 Å². The van der Waals surface area contributed by atoms with E-state index in [2.05, 4.69) is 10.4 Å². The molecule has 1 aromatic heterocycles. The molecule has 2 rings (SSSR count). The lowest BCUT2D eigenvalue weighted by Crippen LogP contribution is -2.42. The van der Waals surface area contributed by atoms with E-state index in [0.717, 1.165) is 0 Å². The van der Waals surface area contributed by atoms with E-state index in [1.54, 1.807) is 12.3 Å². The highest BCUT2D eigenvalue weighted by atomic mass is 16.2. The second-order valence-electron chi connectivity index (χ2n) is 2.44. The second kappa shape index (κ2) is 2.06. The van der Waals surface area contributed by atoms with Gasteiger partial charge in [0, 0.05) is 6.20 Å². The lowest BCUT2D eigenvalue weighted by atomic mass is 10.3. The summed E-state index contributed by atoms with van der Waals surface area (Å²) in [7, 11) is 0. The van der Waals surface area contributed by atoms with Gasteiger partial charge in [0.2, 0.25) is 0 Å². The van der Waals surface area contributed by atoms with Crippen LogP contribution >= 0.6 is 0 Å². The number of hydrogen-bond acceptors (Lipinski definition) is 3. The Hall–Kier alpha value is -1.36. The van der Waals surface area contributed by atoms with Crippen LogP contribution in [0.5, 0.6) is 0 Å². The number of aromatic nitrogens is 2. The summed E-state index contributed by atoms with van der Waals surface area (Å²) >= 11 is 0. The molecule has 2 heterocycles. The summed E-state index contributed by atoms with van der Waals surface area (Å²) in [6.07, 6.45) is 1.35. The van der Waals surface area contributed by atoms with E-state index >= 15 is 0 Å². The van der Waals surface area contributed by atoms with E-state index in [1.807, 2.05) is 0 Å². The molecule has 1 amide bonds. The van der Waals surface area contributed by atoms with Crippen molar-refractivity contribution in [3.05, 3.63) is 18.0 Å². The van der Waals surface area contributed by atoms with Gasteiger partial charge in [0.05, 0.1) is 6.54 Å². The van der Waals surface area contributed by atoms with Gasteiger partial charge in [-0.2, -0.15) is 5.10 Å². The van der Waals surface area contributed by atoms with Crippen molar-refractivity contribution in [3.8, 4) is 0 Å². The van der Waals surface area contributed by atoms with Gasteiger partial charge < -0.3 is 11.1 Å². The van der Waals surface area contributed by atoms with Crippen molar-refractivity contribution in [2.75, 3.05) is 6.54 Å².